The first-order valence-corrected chi connectivity index (χ1v) is 8.88. The van der Waals surface area contributed by atoms with E-state index in [1.165, 1.54) is 12.2 Å². The molecule has 0 fully saturated rings. The highest BCUT2D eigenvalue weighted by atomic mass is 16.6. The first kappa shape index (κ1) is 20.5. The SMILES string of the molecule is CC1=NC(=Cc2ccccc2O)C(=O)O1.CC1=NC(=Cc2ccccc2O)C(=O)O1. The molecule has 2 heterocycles. The fourth-order valence-corrected chi connectivity index (χ4v) is 2.55. The fraction of sp³-hybridized carbons (Fsp3) is 0.0909. The zero-order valence-electron chi connectivity index (χ0n) is 16.2. The zero-order chi connectivity index (χ0) is 21.7. The first-order valence-electron chi connectivity index (χ1n) is 8.88. The Balaban J connectivity index is 0.000000171. The quantitative estimate of drug-likeness (QED) is 0.583. The Morgan fingerprint density at radius 3 is 1.37 bits per heavy atom. The van der Waals surface area contributed by atoms with Gasteiger partial charge >= 0.3 is 11.9 Å². The van der Waals surface area contributed by atoms with Gasteiger partial charge in [0.1, 0.15) is 11.5 Å². The smallest absolute Gasteiger partial charge is 0.363 e. The highest BCUT2D eigenvalue weighted by Crippen LogP contribution is 2.22. The molecule has 4 rings (SSSR count). The summed E-state index contributed by atoms with van der Waals surface area (Å²) in [4.78, 5) is 30.2. The average molecular weight is 406 g/mol. The number of benzene rings is 2. The van der Waals surface area contributed by atoms with E-state index in [0.29, 0.717) is 22.9 Å². The summed E-state index contributed by atoms with van der Waals surface area (Å²) in [6.45, 7) is 3.20. The van der Waals surface area contributed by atoms with Gasteiger partial charge in [0.2, 0.25) is 0 Å². The number of cyclic esters (lactones) is 2. The maximum Gasteiger partial charge on any atom is 0.363 e. The highest BCUT2D eigenvalue weighted by Gasteiger charge is 2.20. The van der Waals surface area contributed by atoms with Gasteiger partial charge in [-0.3, -0.25) is 0 Å². The molecule has 0 spiro atoms. The molecule has 0 saturated carbocycles. The van der Waals surface area contributed by atoms with Gasteiger partial charge in [0, 0.05) is 25.0 Å². The van der Waals surface area contributed by atoms with Crippen LogP contribution in [0.1, 0.15) is 25.0 Å². The summed E-state index contributed by atoms with van der Waals surface area (Å²) in [6, 6.07) is 13.4. The van der Waals surface area contributed by atoms with Crippen LogP contribution in [0.25, 0.3) is 12.2 Å². The molecule has 0 radical (unpaired) electrons. The number of phenolic OH excluding ortho intramolecular Hbond substituents is 2. The molecule has 2 aromatic rings. The van der Waals surface area contributed by atoms with Gasteiger partial charge in [0.05, 0.1) is 0 Å². The number of aromatic hydroxyl groups is 2. The topological polar surface area (TPSA) is 118 Å². The van der Waals surface area contributed by atoms with E-state index in [9.17, 15) is 19.8 Å². The number of carbonyl (C=O) groups is 2. The van der Waals surface area contributed by atoms with Crippen LogP contribution < -0.4 is 0 Å². The summed E-state index contributed by atoms with van der Waals surface area (Å²) in [5, 5.41) is 19.0. The lowest BCUT2D eigenvalue weighted by Crippen LogP contribution is -1.99. The molecule has 152 valence electrons. The lowest BCUT2D eigenvalue weighted by atomic mass is 10.2. The van der Waals surface area contributed by atoms with E-state index >= 15 is 0 Å². The van der Waals surface area contributed by atoms with E-state index < -0.39 is 11.9 Å². The Bertz CT molecular complexity index is 1040. The van der Waals surface area contributed by atoms with Crippen molar-refractivity contribution in [2.24, 2.45) is 9.98 Å². The molecule has 0 bridgehead atoms. The molecule has 8 heteroatoms. The van der Waals surface area contributed by atoms with Crippen LogP contribution in [0.3, 0.4) is 0 Å². The number of carbonyl (C=O) groups excluding carboxylic acids is 2. The number of ether oxygens (including phenoxy) is 2. The molecule has 0 aliphatic carbocycles. The third-order valence-corrected chi connectivity index (χ3v) is 3.91. The van der Waals surface area contributed by atoms with Gasteiger partial charge in [-0.2, -0.15) is 0 Å². The lowest BCUT2D eigenvalue weighted by Gasteiger charge is -1.97. The number of nitrogens with zero attached hydrogens (tertiary/aromatic N) is 2. The van der Waals surface area contributed by atoms with Crippen molar-refractivity contribution in [3.63, 3.8) is 0 Å². The van der Waals surface area contributed by atoms with Crippen LogP contribution in [-0.2, 0) is 19.1 Å². The van der Waals surface area contributed by atoms with Crippen molar-refractivity contribution < 1.29 is 29.3 Å². The molecule has 2 aliphatic rings. The maximum atomic E-state index is 11.2. The summed E-state index contributed by atoms with van der Waals surface area (Å²) in [5.41, 5.74) is 1.49. The number of phenols is 2. The molecular weight excluding hydrogens is 388 g/mol. The van der Waals surface area contributed by atoms with Crippen molar-refractivity contribution in [3.05, 3.63) is 71.1 Å². The molecule has 0 amide bonds. The summed E-state index contributed by atoms with van der Waals surface area (Å²) >= 11 is 0. The van der Waals surface area contributed by atoms with Crippen LogP contribution in [-0.4, -0.2) is 33.9 Å². The van der Waals surface area contributed by atoms with Crippen LogP contribution in [0.2, 0.25) is 0 Å². The van der Waals surface area contributed by atoms with E-state index in [2.05, 4.69) is 9.98 Å². The third-order valence-electron chi connectivity index (χ3n) is 3.91. The molecule has 2 N–H and O–H groups in total. The Morgan fingerprint density at radius 2 is 1.07 bits per heavy atom. The highest BCUT2D eigenvalue weighted by molar-refractivity contribution is 6.07. The molecule has 0 unspecified atom stereocenters. The van der Waals surface area contributed by atoms with Crippen molar-refractivity contribution in [2.75, 3.05) is 0 Å². The minimum Gasteiger partial charge on any atom is -0.507 e. The van der Waals surface area contributed by atoms with Crippen molar-refractivity contribution in [1.82, 2.24) is 0 Å². The average Bonchev–Trinajstić information content (AvgIpc) is 3.19. The van der Waals surface area contributed by atoms with E-state index in [1.54, 1.807) is 62.4 Å². The van der Waals surface area contributed by atoms with Crippen LogP contribution in [0.4, 0.5) is 0 Å². The van der Waals surface area contributed by atoms with Crippen molar-refractivity contribution in [2.45, 2.75) is 13.8 Å². The normalized spacial score (nSPS) is 17.8. The number of hydrogen-bond donors (Lipinski definition) is 2. The van der Waals surface area contributed by atoms with Gasteiger partial charge < -0.3 is 19.7 Å². The van der Waals surface area contributed by atoms with Gasteiger partial charge in [-0.15, -0.1) is 0 Å². The molecule has 8 nitrogen and oxygen atoms in total. The zero-order valence-corrected chi connectivity index (χ0v) is 16.2. The fourth-order valence-electron chi connectivity index (χ4n) is 2.55. The Morgan fingerprint density at radius 1 is 0.700 bits per heavy atom. The second kappa shape index (κ2) is 8.87. The Hall–Kier alpha value is -4.20. The second-order valence-corrected chi connectivity index (χ2v) is 6.22. The van der Waals surface area contributed by atoms with Crippen LogP contribution >= 0.6 is 0 Å². The molecule has 0 atom stereocenters. The largest absolute Gasteiger partial charge is 0.507 e. The summed E-state index contributed by atoms with van der Waals surface area (Å²) in [7, 11) is 0. The Kier molecular flexibility index (Phi) is 6.07. The summed E-state index contributed by atoms with van der Waals surface area (Å²) in [6.07, 6.45) is 2.99. The molecular formula is C22H18N2O6. The van der Waals surface area contributed by atoms with Gasteiger partial charge in [0.15, 0.2) is 23.2 Å². The van der Waals surface area contributed by atoms with E-state index in [-0.39, 0.29) is 22.9 Å². The van der Waals surface area contributed by atoms with Gasteiger partial charge in [0.25, 0.3) is 0 Å². The molecule has 2 aliphatic heterocycles. The van der Waals surface area contributed by atoms with Crippen LogP contribution in [0.15, 0.2) is 69.9 Å². The summed E-state index contributed by atoms with van der Waals surface area (Å²) < 4.78 is 9.49. The van der Waals surface area contributed by atoms with Crippen LogP contribution in [0.5, 0.6) is 11.5 Å². The monoisotopic (exact) mass is 406 g/mol. The van der Waals surface area contributed by atoms with Gasteiger partial charge in [-0.1, -0.05) is 36.4 Å². The first-order chi connectivity index (χ1) is 14.3. The van der Waals surface area contributed by atoms with Crippen molar-refractivity contribution in [3.8, 4) is 11.5 Å². The van der Waals surface area contributed by atoms with Gasteiger partial charge in [-0.25, -0.2) is 19.6 Å². The molecule has 0 aromatic heterocycles. The lowest BCUT2D eigenvalue weighted by molar-refractivity contribution is -0.130. The standard InChI is InChI=1S/2C11H9NO3/c2*1-7-12-9(11(14)15-7)6-8-4-2-3-5-10(8)13/h2*2-6,13H,1H3. The molecule has 0 saturated heterocycles. The Labute approximate surface area is 172 Å². The van der Waals surface area contributed by atoms with E-state index in [1.807, 2.05) is 0 Å². The second-order valence-electron chi connectivity index (χ2n) is 6.22. The number of rotatable bonds is 2. The number of para-hydroxylation sites is 2. The van der Waals surface area contributed by atoms with E-state index in [0.717, 1.165) is 0 Å². The molecule has 2 aromatic carbocycles. The van der Waals surface area contributed by atoms with Crippen molar-refractivity contribution >= 4 is 35.9 Å². The molecule has 30 heavy (non-hydrogen) atoms. The van der Waals surface area contributed by atoms with Crippen molar-refractivity contribution in [1.29, 1.82) is 0 Å². The predicted octanol–water partition coefficient (Wildman–Crippen LogP) is 3.42. The van der Waals surface area contributed by atoms with E-state index in [4.69, 9.17) is 9.47 Å². The maximum absolute atomic E-state index is 11.2. The van der Waals surface area contributed by atoms with Crippen LogP contribution in [0, 0.1) is 0 Å². The number of hydrogen-bond acceptors (Lipinski definition) is 8. The predicted molar refractivity (Wildman–Crippen MR) is 111 cm³/mol. The number of esters is 2. The summed E-state index contributed by atoms with van der Waals surface area (Å²) in [5.74, 6) is -0.120. The third kappa shape index (κ3) is 4.99. The number of aliphatic imine (C=N–C) groups is 2. The van der Waals surface area contributed by atoms with Gasteiger partial charge in [-0.05, 0) is 24.3 Å². The minimum absolute atomic E-state index is 0.109. The minimum atomic E-state index is -0.490.